The molecule has 3 aromatic rings. The van der Waals surface area contributed by atoms with Crippen molar-refractivity contribution in [3.8, 4) is 11.3 Å². The van der Waals surface area contributed by atoms with E-state index in [0.29, 0.717) is 10.7 Å². The Kier molecular flexibility index (Phi) is 5.00. The number of hydrogen-bond donors (Lipinski definition) is 2. The van der Waals surface area contributed by atoms with E-state index in [9.17, 15) is 4.79 Å². The summed E-state index contributed by atoms with van der Waals surface area (Å²) >= 11 is 5.41. The second kappa shape index (κ2) is 7.74. The van der Waals surface area contributed by atoms with Crippen LogP contribution in [-0.2, 0) is 4.79 Å². The number of carbonyl (C=O) groups is 1. The minimum absolute atomic E-state index is 0.0153. The molecule has 0 spiro atoms. The number of rotatable bonds is 4. The van der Waals surface area contributed by atoms with Crippen LogP contribution in [0.15, 0.2) is 84.6 Å². The van der Waals surface area contributed by atoms with Crippen molar-refractivity contribution in [2.45, 2.75) is 13.0 Å². The highest BCUT2D eigenvalue weighted by Gasteiger charge is 2.30. The molecule has 4 rings (SSSR count). The summed E-state index contributed by atoms with van der Waals surface area (Å²) in [6.45, 7) is 1.58. The molecule has 5 heteroatoms. The Bertz CT molecular complexity index is 1040. The van der Waals surface area contributed by atoms with Gasteiger partial charge in [0.1, 0.15) is 0 Å². The molecule has 1 aromatic heterocycles. The van der Waals surface area contributed by atoms with Crippen molar-refractivity contribution >= 4 is 28.8 Å². The van der Waals surface area contributed by atoms with Gasteiger partial charge in [0.15, 0.2) is 10.9 Å². The Labute approximate surface area is 169 Å². The molecule has 2 N–H and O–H groups in total. The molecule has 1 unspecified atom stereocenters. The summed E-state index contributed by atoms with van der Waals surface area (Å²) in [5.74, 6) is -0.0153. The van der Waals surface area contributed by atoms with E-state index in [4.69, 9.17) is 12.2 Å². The van der Waals surface area contributed by atoms with Crippen molar-refractivity contribution in [2.24, 2.45) is 0 Å². The average Bonchev–Trinajstić information content (AvgIpc) is 2.74. The quantitative estimate of drug-likeness (QED) is 0.657. The molecule has 0 radical (unpaired) electrons. The van der Waals surface area contributed by atoms with Crippen molar-refractivity contribution in [2.75, 3.05) is 0 Å². The first-order valence-electron chi connectivity index (χ1n) is 9.03. The number of carbonyl (C=O) groups excluding carboxylic acids is 1. The van der Waals surface area contributed by atoms with E-state index in [1.807, 2.05) is 72.8 Å². The number of hydrogen-bond acceptors (Lipinski definition) is 3. The highest BCUT2D eigenvalue weighted by atomic mass is 32.1. The number of benzene rings is 2. The molecule has 1 aliphatic rings. The monoisotopic (exact) mass is 385 g/mol. The van der Waals surface area contributed by atoms with Gasteiger partial charge in [-0.25, -0.2) is 0 Å². The molecule has 0 amide bonds. The van der Waals surface area contributed by atoms with Crippen LogP contribution in [0.2, 0.25) is 0 Å². The van der Waals surface area contributed by atoms with Crippen molar-refractivity contribution < 1.29 is 4.79 Å². The van der Waals surface area contributed by atoms with E-state index in [-0.39, 0.29) is 11.8 Å². The zero-order valence-electron chi connectivity index (χ0n) is 15.3. The fraction of sp³-hybridized carbons (Fsp3) is 0.0870. The minimum atomic E-state index is -0.348. The first-order valence-corrected chi connectivity index (χ1v) is 9.44. The smallest absolute Gasteiger partial charge is 0.171 e. The minimum Gasteiger partial charge on any atom is -0.351 e. The lowest BCUT2D eigenvalue weighted by atomic mass is 9.91. The molecule has 1 atom stereocenters. The van der Waals surface area contributed by atoms with Gasteiger partial charge >= 0.3 is 0 Å². The third-order valence-electron chi connectivity index (χ3n) is 4.70. The van der Waals surface area contributed by atoms with Gasteiger partial charge in [0.05, 0.1) is 17.4 Å². The topological polar surface area (TPSA) is 54.0 Å². The van der Waals surface area contributed by atoms with Gasteiger partial charge in [-0.1, -0.05) is 66.7 Å². The predicted molar refractivity (Wildman–Crippen MR) is 115 cm³/mol. The zero-order valence-corrected chi connectivity index (χ0v) is 16.2. The van der Waals surface area contributed by atoms with Gasteiger partial charge in [0, 0.05) is 17.3 Å². The van der Waals surface area contributed by atoms with Gasteiger partial charge in [-0.05, 0) is 36.3 Å². The molecule has 0 saturated carbocycles. The Hall–Kier alpha value is -3.31. The molecular weight excluding hydrogens is 366 g/mol. The summed E-state index contributed by atoms with van der Waals surface area (Å²) < 4.78 is 0. The molecule has 1 aliphatic heterocycles. The summed E-state index contributed by atoms with van der Waals surface area (Å²) in [4.78, 5) is 17.2. The first-order chi connectivity index (χ1) is 13.6. The normalized spacial score (nSPS) is 16.3. The highest BCUT2D eigenvalue weighted by molar-refractivity contribution is 7.80. The largest absolute Gasteiger partial charge is 0.351 e. The summed E-state index contributed by atoms with van der Waals surface area (Å²) in [7, 11) is 0. The van der Waals surface area contributed by atoms with Gasteiger partial charge in [-0.3, -0.25) is 9.78 Å². The fourth-order valence-electron chi connectivity index (χ4n) is 3.38. The number of Topliss-reactive ketones (excluding diaryl/α,β-unsaturated/α-hetero) is 1. The van der Waals surface area contributed by atoms with E-state index in [1.165, 1.54) is 0 Å². The SMILES string of the molecule is CC(=O)C1=C(c2ccccc2)NC(=S)NC1c1ccc(-c2ccccc2)nc1. The molecule has 0 saturated heterocycles. The molecule has 2 heterocycles. The predicted octanol–water partition coefficient (Wildman–Crippen LogP) is 4.27. The summed E-state index contributed by atoms with van der Waals surface area (Å²) in [6, 6.07) is 23.4. The highest BCUT2D eigenvalue weighted by Crippen LogP contribution is 2.32. The van der Waals surface area contributed by atoms with E-state index in [1.54, 1.807) is 13.1 Å². The standard InChI is InChI=1S/C23H19N3OS/c1-15(27)20-21(17-10-6-3-7-11-17)25-23(28)26-22(20)18-12-13-19(24-14-18)16-8-4-2-5-9-16/h2-14,22H,1H3,(H2,25,26,28). The van der Waals surface area contributed by atoms with Gasteiger partial charge in [0.25, 0.3) is 0 Å². The number of nitrogens with zero attached hydrogens (tertiary/aromatic N) is 1. The summed E-state index contributed by atoms with van der Waals surface area (Å²) in [6.07, 6.45) is 1.81. The van der Waals surface area contributed by atoms with Gasteiger partial charge in [0.2, 0.25) is 0 Å². The maximum absolute atomic E-state index is 12.6. The Balaban J connectivity index is 1.77. The molecule has 28 heavy (non-hydrogen) atoms. The lowest BCUT2D eigenvalue weighted by Crippen LogP contribution is -2.44. The second-order valence-electron chi connectivity index (χ2n) is 6.59. The molecule has 0 bridgehead atoms. The number of ketones is 1. The van der Waals surface area contributed by atoms with Crippen LogP contribution in [0.3, 0.4) is 0 Å². The van der Waals surface area contributed by atoms with E-state index in [0.717, 1.165) is 28.1 Å². The number of nitrogens with one attached hydrogen (secondary N) is 2. The van der Waals surface area contributed by atoms with E-state index in [2.05, 4.69) is 15.6 Å². The first kappa shape index (κ1) is 18.1. The van der Waals surface area contributed by atoms with Crippen LogP contribution in [0.4, 0.5) is 0 Å². The Morgan fingerprint density at radius 2 is 1.57 bits per heavy atom. The molecule has 0 aliphatic carbocycles. The molecule has 138 valence electrons. The fourth-order valence-corrected chi connectivity index (χ4v) is 3.60. The lowest BCUT2D eigenvalue weighted by Gasteiger charge is -2.31. The third kappa shape index (κ3) is 3.57. The lowest BCUT2D eigenvalue weighted by molar-refractivity contribution is -0.113. The van der Waals surface area contributed by atoms with Crippen LogP contribution in [0.5, 0.6) is 0 Å². The molecular formula is C23H19N3OS. The van der Waals surface area contributed by atoms with Crippen LogP contribution in [0.25, 0.3) is 17.0 Å². The van der Waals surface area contributed by atoms with E-state index < -0.39 is 0 Å². The average molecular weight is 385 g/mol. The molecule has 0 fully saturated rings. The molecule has 4 nitrogen and oxygen atoms in total. The van der Waals surface area contributed by atoms with Crippen molar-refractivity contribution in [1.29, 1.82) is 0 Å². The summed E-state index contributed by atoms with van der Waals surface area (Å²) in [5.41, 5.74) is 5.15. The van der Waals surface area contributed by atoms with Gasteiger partial charge in [-0.15, -0.1) is 0 Å². The Morgan fingerprint density at radius 1 is 0.929 bits per heavy atom. The van der Waals surface area contributed by atoms with Crippen LogP contribution in [0.1, 0.15) is 24.1 Å². The van der Waals surface area contributed by atoms with Crippen LogP contribution in [0, 0.1) is 0 Å². The summed E-state index contributed by atoms with van der Waals surface area (Å²) in [5, 5.41) is 6.87. The van der Waals surface area contributed by atoms with Crippen molar-refractivity contribution in [3.63, 3.8) is 0 Å². The maximum Gasteiger partial charge on any atom is 0.171 e. The van der Waals surface area contributed by atoms with Crippen LogP contribution in [-0.4, -0.2) is 15.9 Å². The number of pyridine rings is 1. The number of thiocarbonyl (C=S) groups is 1. The second-order valence-corrected chi connectivity index (χ2v) is 6.99. The van der Waals surface area contributed by atoms with Crippen molar-refractivity contribution in [3.05, 3.63) is 95.7 Å². The van der Waals surface area contributed by atoms with Crippen LogP contribution < -0.4 is 10.6 Å². The Morgan fingerprint density at radius 3 is 2.14 bits per heavy atom. The van der Waals surface area contributed by atoms with Crippen LogP contribution >= 0.6 is 12.2 Å². The third-order valence-corrected chi connectivity index (χ3v) is 4.92. The van der Waals surface area contributed by atoms with Crippen molar-refractivity contribution in [1.82, 2.24) is 15.6 Å². The molecule has 2 aromatic carbocycles. The maximum atomic E-state index is 12.6. The van der Waals surface area contributed by atoms with E-state index >= 15 is 0 Å². The number of aromatic nitrogens is 1. The zero-order chi connectivity index (χ0) is 19.5. The van der Waals surface area contributed by atoms with Gasteiger partial charge < -0.3 is 10.6 Å². The van der Waals surface area contributed by atoms with Gasteiger partial charge in [-0.2, -0.15) is 0 Å².